The summed E-state index contributed by atoms with van der Waals surface area (Å²) in [6.07, 6.45) is 16.0. The van der Waals surface area contributed by atoms with Gasteiger partial charge in [0.2, 0.25) is 10.0 Å². The van der Waals surface area contributed by atoms with Crippen LogP contribution >= 0.6 is 0 Å². The maximum Gasteiger partial charge on any atom is 0.244 e. The summed E-state index contributed by atoms with van der Waals surface area (Å²) in [5.74, 6) is 4.63. The zero-order valence-electron chi connectivity index (χ0n) is 12.5. The van der Waals surface area contributed by atoms with Gasteiger partial charge in [0.1, 0.15) is 11.4 Å². The monoisotopic (exact) mass is 327 g/mol. The first-order valence-corrected chi connectivity index (χ1v) is 8.48. The van der Waals surface area contributed by atoms with Crippen LogP contribution in [0.2, 0.25) is 0 Å². The normalized spacial score (nSPS) is 20.3. The van der Waals surface area contributed by atoms with Crippen molar-refractivity contribution in [2.24, 2.45) is 0 Å². The molecule has 1 aromatic rings. The van der Waals surface area contributed by atoms with Gasteiger partial charge in [-0.1, -0.05) is 59.4 Å². The number of nitrogens with one attached hydrogen (secondary N) is 1. The molecule has 0 aromatic heterocycles. The van der Waals surface area contributed by atoms with Crippen molar-refractivity contribution in [1.29, 1.82) is 0 Å². The average molecular weight is 327 g/mol. The Bertz CT molecular complexity index is 795. The molecular weight excluding hydrogens is 310 g/mol. The van der Waals surface area contributed by atoms with Crippen molar-refractivity contribution >= 4 is 15.6 Å². The largest absolute Gasteiger partial charge is 0.274 e. The Hall–Kier alpha value is -2.31. The summed E-state index contributed by atoms with van der Waals surface area (Å²) >= 11 is 0. The summed E-state index contributed by atoms with van der Waals surface area (Å²) in [5.41, 5.74) is 1.98. The lowest BCUT2D eigenvalue weighted by Gasteiger charge is -2.30. The highest BCUT2D eigenvalue weighted by molar-refractivity contribution is 7.91. The molecule has 1 N–H and O–H groups in total. The summed E-state index contributed by atoms with van der Waals surface area (Å²) in [4.78, 5) is 6.85. The van der Waals surface area contributed by atoms with Crippen LogP contribution in [0.25, 0.3) is 5.57 Å². The Morgan fingerprint density at radius 1 is 1.22 bits per heavy atom. The Morgan fingerprint density at radius 3 is 2.52 bits per heavy atom. The predicted octanol–water partition coefficient (Wildman–Crippen LogP) is 2.28. The van der Waals surface area contributed by atoms with Crippen LogP contribution in [0.4, 0.5) is 0 Å². The molecule has 23 heavy (non-hydrogen) atoms. The molecule has 0 saturated carbocycles. The summed E-state index contributed by atoms with van der Waals surface area (Å²) in [5, 5.41) is 0. The van der Waals surface area contributed by atoms with Crippen molar-refractivity contribution in [3.63, 3.8) is 0 Å². The van der Waals surface area contributed by atoms with E-state index < -0.39 is 14.8 Å². The molecule has 0 radical (unpaired) electrons. The van der Waals surface area contributed by atoms with Crippen molar-refractivity contribution in [2.45, 2.75) is 17.6 Å². The van der Waals surface area contributed by atoms with Crippen LogP contribution in [0.5, 0.6) is 0 Å². The lowest BCUT2D eigenvalue weighted by molar-refractivity contribution is 0.121. The maximum atomic E-state index is 12.5. The predicted molar refractivity (Wildman–Crippen MR) is 91.2 cm³/mol. The van der Waals surface area contributed by atoms with Crippen molar-refractivity contribution in [3.8, 4) is 24.7 Å². The Balaban J connectivity index is 2.26. The van der Waals surface area contributed by atoms with Crippen LogP contribution in [0.3, 0.4) is 0 Å². The van der Waals surface area contributed by atoms with Crippen LogP contribution in [0.1, 0.15) is 18.4 Å². The minimum absolute atomic E-state index is 0.0385. The van der Waals surface area contributed by atoms with E-state index in [0.717, 1.165) is 11.1 Å². The summed E-state index contributed by atoms with van der Waals surface area (Å²) in [6.45, 7) is -0.153. The van der Waals surface area contributed by atoms with E-state index in [9.17, 15) is 8.42 Å². The molecule has 118 valence electrons. The fraction of sp³-hybridized carbons (Fsp3) is 0.222. The summed E-state index contributed by atoms with van der Waals surface area (Å²) in [7, 11) is -3.83. The van der Waals surface area contributed by atoms with E-state index in [0.29, 0.717) is 0 Å². The van der Waals surface area contributed by atoms with E-state index in [2.05, 4.69) is 16.7 Å². The fourth-order valence-corrected chi connectivity index (χ4v) is 3.54. The number of sulfonamides is 1. The first-order chi connectivity index (χ1) is 11.0. The molecule has 5 heteroatoms. The standard InChI is InChI=1S/C18H17NO3S/c1-3-12-18(23(20,21)19-22-15-4-2)13-10-17(11-14-18)16-8-6-5-7-9-16/h1-2,5-11,13,19H,12,14-15H2. The Kier molecular flexibility index (Phi) is 5.41. The van der Waals surface area contributed by atoms with Crippen LogP contribution in [0, 0.1) is 24.7 Å². The molecule has 2 rings (SSSR count). The molecule has 0 amide bonds. The van der Waals surface area contributed by atoms with E-state index in [-0.39, 0.29) is 19.4 Å². The Labute approximate surface area is 137 Å². The van der Waals surface area contributed by atoms with E-state index >= 15 is 0 Å². The number of allylic oxidation sites excluding steroid dienone is 3. The van der Waals surface area contributed by atoms with Crippen molar-refractivity contribution < 1.29 is 13.3 Å². The zero-order chi connectivity index (χ0) is 16.8. The molecular formula is C18H17NO3S. The van der Waals surface area contributed by atoms with Gasteiger partial charge in [0, 0.05) is 6.42 Å². The second kappa shape index (κ2) is 7.30. The van der Waals surface area contributed by atoms with Crippen LogP contribution in [-0.4, -0.2) is 19.8 Å². The SMILES string of the molecule is C#CCONS(=O)(=O)C1(CC#C)C=CC(c2ccccc2)=CC1. The van der Waals surface area contributed by atoms with Crippen LogP contribution < -0.4 is 4.89 Å². The average Bonchev–Trinajstić information content (AvgIpc) is 2.56. The summed E-state index contributed by atoms with van der Waals surface area (Å²) < 4.78 is 23.8. The van der Waals surface area contributed by atoms with Crippen molar-refractivity contribution in [1.82, 2.24) is 4.89 Å². The van der Waals surface area contributed by atoms with Gasteiger partial charge in [-0.15, -0.1) is 18.8 Å². The molecule has 1 aromatic carbocycles. The third-order valence-electron chi connectivity index (χ3n) is 3.60. The molecule has 1 aliphatic carbocycles. The molecule has 1 unspecified atom stereocenters. The molecule has 0 fully saturated rings. The van der Waals surface area contributed by atoms with Gasteiger partial charge in [-0.25, -0.2) is 8.42 Å². The van der Waals surface area contributed by atoms with E-state index in [4.69, 9.17) is 17.7 Å². The first-order valence-electron chi connectivity index (χ1n) is 6.99. The fourth-order valence-electron chi connectivity index (χ4n) is 2.33. The third-order valence-corrected chi connectivity index (χ3v) is 5.46. The molecule has 0 spiro atoms. The van der Waals surface area contributed by atoms with Gasteiger partial charge in [0.05, 0.1) is 0 Å². The van der Waals surface area contributed by atoms with Gasteiger partial charge in [0.15, 0.2) is 0 Å². The zero-order valence-corrected chi connectivity index (χ0v) is 13.3. The topological polar surface area (TPSA) is 55.4 Å². The van der Waals surface area contributed by atoms with E-state index in [1.807, 2.05) is 36.4 Å². The molecule has 0 bridgehead atoms. The molecule has 1 aliphatic rings. The van der Waals surface area contributed by atoms with Gasteiger partial charge >= 0.3 is 0 Å². The lowest BCUT2D eigenvalue weighted by Crippen LogP contribution is -2.45. The number of terminal acetylenes is 2. The minimum Gasteiger partial charge on any atom is -0.274 e. The smallest absolute Gasteiger partial charge is 0.244 e. The summed E-state index contributed by atoms with van der Waals surface area (Å²) in [6, 6.07) is 9.72. The van der Waals surface area contributed by atoms with Gasteiger partial charge in [0.25, 0.3) is 0 Å². The lowest BCUT2D eigenvalue weighted by atomic mass is 9.90. The van der Waals surface area contributed by atoms with Crippen molar-refractivity contribution in [3.05, 3.63) is 54.1 Å². The first kappa shape index (κ1) is 17.1. The van der Waals surface area contributed by atoms with Crippen LogP contribution in [-0.2, 0) is 14.9 Å². The quantitative estimate of drug-likeness (QED) is 0.495. The highest BCUT2D eigenvalue weighted by Gasteiger charge is 2.42. The van der Waals surface area contributed by atoms with Gasteiger partial charge in [-0.2, -0.15) is 0 Å². The number of benzene rings is 1. The molecule has 0 heterocycles. The number of hydrogen-bond donors (Lipinski definition) is 1. The van der Waals surface area contributed by atoms with Crippen LogP contribution in [0.15, 0.2) is 48.6 Å². The second-order valence-corrected chi connectivity index (χ2v) is 7.07. The van der Waals surface area contributed by atoms with Gasteiger partial charge in [-0.3, -0.25) is 4.84 Å². The Morgan fingerprint density at radius 2 is 1.96 bits per heavy atom. The second-order valence-electron chi connectivity index (χ2n) is 5.09. The van der Waals surface area contributed by atoms with E-state index in [1.165, 1.54) is 0 Å². The van der Waals surface area contributed by atoms with Gasteiger partial charge < -0.3 is 0 Å². The number of rotatable bonds is 6. The highest BCUT2D eigenvalue weighted by atomic mass is 32.2. The molecule has 0 saturated heterocycles. The third kappa shape index (κ3) is 3.72. The van der Waals surface area contributed by atoms with Crippen molar-refractivity contribution in [2.75, 3.05) is 6.61 Å². The highest BCUT2D eigenvalue weighted by Crippen LogP contribution is 2.34. The molecule has 0 aliphatic heterocycles. The molecule has 4 nitrogen and oxygen atoms in total. The van der Waals surface area contributed by atoms with Gasteiger partial charge in [-0.05, 0) is 17.6 Å². The number of hydrogen-bond acceptors (Lipinski definition) is 3. The molecule has 1 atom stereocenters. The maximum absolute atomic E-state index is 12.5. The minimum atomic E-state index is -3.83. The van der Waals surface area contributed by atoms with E-state index in [1.54, 1.807) is 12.2 Å².